The molecule has 0 aliphatic heterocycles. The standard InChI is InChI=1S/C14H20FN3O2/c1-20-13-7-11(15)12(16)6-10(13)14(19)18-5-4-17-8-9-2-3-9/h6-7,9,17H,2-5,8,16H2,1H3,(H,18,19). The van der Waals surface area contributed by atoms with E-state index in [2.05, 4.69) is 10.6 Å². The van der Waals surface area contributed by atoms with Gasteiger partial charge in [-0.1, -0.05) is 0 Å². The van der Waals surface area contributed by atoms with Gasteiger partial charge >= 0.3 is 0 Å². The first kappa shape index (κ1) is 14.6. The topological polar surface area (TPSA) is 76.4 Å². The number of rotatable bonds is 7. The Labute approximate surface area is 117 Å². The number of halogens is 1. The van der Waals surface area contributed by atoms with Crippen molar-refractivity contribution in [3.63, 3.8) is 0 Å². The van der Waals surface area contributed by atoms with Crippen LogP contribution in [0.15, 0.2) is 12.1 Å². The van der Waals surface area contributed by atoms with E-state index in [0.717, 1.165) is 18.5 Å². The molecule has 6 heteroatoms. The summed E-state index contributed by atoms with van der Waals surface area (Å²) in [5, 5.41) is 6.03. The summed E-state index contributed by atoms with van der Waals surface area (Å²) < 4.78 is 18.3. The molecule has 0 radical (unpaired) electrons. The molecule has 1 aromatic carbocycles. The molecule has 0 aromatic heterocycles. The van der Waals surface area contributed by atoms with Gasteiger partial charge in [0.05, 0.1) is 18.4 Å². The number of nitrogens with one attached hydrogen (secondary N) is 2. The fourth-order valence-corrected chi connectivity index (χ4v) is 1.91. The van der Waals surface area contributed by atoms with E-state index in [1.165, 1.54) is 26.0 Å². The van der Waals surface area contributed by atoms with Gasteiger partial charge in [-0.3, -0.25) is 4.79 Å². The summed E-state index contributed by atoms with van der Waals surface area (Å²) in [7, 11) is 1.39. The Hall–Kier alpha value is -1.82. The minimum absolute atomic E-state index is 0.0668. The smallest absolute Gasteiger partial charge is 0.255 e. The van der Waals surface area contributed by atoms with E-state index in [-0.39, 0.29) is 22.9 Å². The maximum atomic E-state index is 13.3. The Morgan fingerprint density at radius 1 is 1.45 bits per heavy atom. The molecule has 1 saturated carbocycles. The highest BCUT2D eigenvalue weighted by Crippen LogP contribution is 2.27. The van der Waals surface area contributed by atoms with E-state index in [1.54, 1.807) is 0 Å². The van der Waals surface area contributed by atoms with Crippen molar-refractivity contribution < 1.29 is 13.9 Å². The van der Waals surface area contributed by atoms with Crippen molar-refractivity contribution in [2.45, 2.75) is 12.8 Å². The normalized spacial score (nSPS) is 14.1. The fraction of sp³-hybridized carbons (Fsp3) is 0.500. The molecule has 0 atom stereocenters. The lowest BCUT2D eigenvalue weighted by atomic mass is 10.1. The second-order valence-electron chi connectivity index (χ2n) is 4.98. The van der Waals surface area contributed by atoms with Crippen molar-refractivity contribution in [3.8, 4) is 5.75 Å². The first-order valence-electron chi connectivity index (χ1n) is 6.73. The van der Waals surface area contributed by atoms with Crippen LogP contribution in [-0.2, 0) is 0 Å². The second-order valence-corrected chi connectivity index (χ2v) is 4.98. The molecule has 1 aliphatic rings. The molecule has 20 heavy (non-hydrogen) atoms. The highest BCUT2D eigenvalue weighted by atomic mass is 19.1. The average Bonchev–Trinajstić information content (AvgIpc) is 3.24. The number of nitrogens with two attached hydrogens (primary N) is 1. The van der Waals surface area contributed by atoms with Gasteiger partial charge in [0.2, 0.25) is 0 Å². The highest BCUT2D eigenvalue weighted by molar-refractivity contribution is 5.97. The van der Waals surface area contributed by atoms with Gasteiger partial charge in [-0.25, -0.2) is 4.39 Å². The summed E-state index contributed by atoms with van der Waals surface area (Å²) >= 11 is 0. The monoisotopic (exact) mass is 281 g/mol. The van der Waals surface area contributed by atoms with Crippen LogP contribution in [0.1, 0.15) is 23.2 Å². The van der Waals surface area contributed by atoms with Crippen molar-refractivity contribution in [1.82, 2.24) is 10.6 Å². The molecule has 1 aliphatic carbocycles. The number of carbonyl (C=O) groups is 1. The number of nitrogen functional groups attached to an aromatic ring is 1. The SMILES string of the molecule is COc1cc(F)c(N)cc1C(=O)NCCNCC1CC1. The van der Waals surface area contributed by atoms with Crippen LogP contribution in [-0.4, -0.2) is 32.7 Å². The van der Waals surface area contributed by atoms with Gasteiger partial charge in [0.1, 0.15) is 11.6 Å². The van der Waals surface area contributed by atoms with Crippen molar-refractivity contribution in [2.24, 2.45) is 5.92 Å². The first-order valence-corrected chi connectivity index (χ1v) is 6.73. The van der Waals surface area contributed by atoms with Crippen LogP contribution in [0.25, 0.3) is 0 Å². The van der Waals surface area contributed by atoms with Crippen molar-refractivity contribution in [3.05, 3.63) is 23.5 Å². The maximum absolute atomic E-state index is 13.3. The quantitative estimate of drug-likeness (QED) is 0.517. The zero-order valence-corrected chi connectivity index (χ0v) is 11.5. The molecule has 0 unspecified atom stereocenters. The molecule has 4 N–H and O–H groups in total. The fourth-order valence-electron chi connectivity index (χ4n) is 1.91. The predicted octanol–water partition coefficient (Wildman–Crippen LogP) is 1.15. The van der Waals surface area contributed by atoms with Crippen LogP contribution in [0.4, 0.5) is 10.1 Å². The molecular weight excluding hydrogens is 261 g/mol. The molecule has 1 amide bonds. The summed E-state index contributed by atoms with van der Waals surface area (Å²) in [6.07, 6.45) is 2.59. The zero-order valence-electron chi connectivity index (χ0n) is 11.5. The van der Waals surface area contributed by atoms with E-state index in [1.807, 2.05) is 0 Å². The van der Waals surface area contributed by atoms with Crippen LogP contribution in [0, 0.1) is 11.7 Å². The lowest BCUT2D eigenvalue weighted by Gasteiger charge is -2.11. The first-order chi connectivity index (χ1) is 9.61. The predicted molar refractivity (Wildman–Crippen MR) is 75.3 cm³/mol. The Morgan fingerprint density at radius 2 is 2.20 bits per heavy atom. The third kappa shape index (κ3) is 3.84. The number of methoxy groups -OCH3 is 1. The number of benzene rings is 1. The minimum Gasteiger partial charge on any atom is -0.496 e. The van der Waals surface area contributed by atoms with Crippen molar-refractivity contribution >= 4 is 11.6 Å². The molecule has 110 valence electrons. The Kier molecular flexibility index (Phi) is 4.79. The van der Waals surface area contributed by atoms with E-state index in [4.69, 9.17) is 10.5 Å². The van der Waals surface area contributed by atoms with Gasteiger partial charge in [-0.05, 0) is 31.4 Å². The third-order valence-corrected chi connectivity index (χ3v) is 3.28. The summed E-state index contributed by atoms with van der Waals surface area (Å²) in [4.78, 5) is 12.0. The van der Waals surface area contributed by atoms with Gasteiger partial charge in [0.15, 0.2) is 0 Å². The average molecular weight is 281 g/mol. The number of ether oxygens (including phenoxy) is 1. The molecular formula is C14H20FN3O2. The number of hydrogen-bond acceptors (Lipinski definition) is 4. The Balaban J connectivity index is 1.85. The van der Waals surface area contributed by atoms with Crippen LogP contribution in [0.5, 0.6) is 5.75 Å². The van der Waals surface area contributed by atoms with Crippen LogP contribution in [0.3, 0.4) is 0 Å². The molecule has 0 spiro atoms. The van der Waals surface area contributed by atoms with E-state index in [0.29, 0.717) is 13.1 Å². The summed E-state index contributed by atoms with van der Waals surface area (Å²) in [5.74, 6) is 0.0779. The molecule has 0 saturated heterocycles. The number of carbonyl (C=O) groups excluding carboxylic acids is 1. The van der Waals surface area contributed by atoms with Gasteiger partial charge < -0.3 is 21.1 Å². The molecule has 0 bridgehead atoms. The number of hydrogen-bond donors (Lipinski definition) is 3. The second kappa shape index (κ2) is 6.56. The van der Waals surface area contributed by atoms with Gasteiger partial charge in [0.25, 0.3) is 5.91 Å². The molecule has 0 heterocycles. The molecule has 1 fully saturated rings. The van der Waals surface area contributed by atoms with E-state index >= 15 is 0 Å². The van der Waals surface area contributed by atoms with Gasteiger partial charge in [-0.2, -0.15) is 0 Å². The summed E-state index contributed by atoms with van der Waals surface area (Å²) in [6, 6.07) is 2.41. The largest absolute Gasteiger partial charge is 0.496 e. The van der Waals surface area contributed by atoms with Gasteiger partial charge in [0, 0.05) is 19.2 Å². The lowest BCUT2D eigenvalue weighted by molar-refractivity contribution is 0.0951. The van der Waals surface area contributed by atoms with Crippen molar-refractivity contribution in [1.29, 1.82) is 0 Å². The Bertz CT molecular complexity index is 490. The Morgan fingerprint density at radius 3 is 2.85 bits per heavy atom. The van der Waals surface area contributed by atoms with Crippen molar-refractivity contribution in [2.75, 3.05) is 32.5 Å². The van der Waals surface area contributed by atoms with Crippen LogP contribution >= 0.6 is 0 Å². The van der Waals surface area contributed by atoms with E-state index < -0.39 is 5.82 Å². The number of amides is 1. The van der Waals surface area contributed by atoms with E-state index in [9.17, 15) is 9.18 Å². The minimum atomic E-state index is -0.593. The van der Waals surface area contributed by atoms with Crippen LogP contribution in [0.2, 0.25) is 0 Å². The zero-order chi connectivity index (χ0) is 14.5. The summed E-state index contributed by atoms with van der Waals surface area (Å²) in [5.41, 5.74) is 5.65. The maximum Gasteiger partial charge on any atom is 0.255 e. The number of anilines is 1. The molecule has 1 aromatic rings. The highest BCUT2D eigenvalue weighted by Gasteiger charge is 2.20. The van der Waals surface area contributed by atoms with Crippen LogP contribution < -0.4 is 21.1 Å². The third-order valence-electron chi connectivity index (χ3n) is 3.28. The molecule has 2 rings (SSSR count). The van der Waals surface area contributed by atoms with Gasteiger partial charge in [-0.15, -0.1) is 0 Å². The molecule has 5 nitrogen and oxygen atoms in total. The summed E-state index contributed by atoms with van der Waals surface area (Å²) in [6.45, 7) is 2.22. The lowest BCUT2D eigenvalue weighted by Crippen LogP contribution is -2.32.